The molecule has 0 saturated carbocycles. The van der Waals surface area contributed by atoms with E-state index in [1.165, 1.54) is 0 Å². The summed E-state index contributed by atoms with van der Waals surface area (Å²) in [6.45, 7) is 2.15. The van der Waals surface area contributed by atoms with Crippen LogP contribution in [0.1, 0.15) is 24.5 Å². The average Bonchev–Trinajstić information content (AvgIpc) is 3.08. The quantitative estimate of drug-likeness (QED) is 0.613. The number of carbonyl (C=O) groups excluding carboxylic acids is 2. The minimum absolute atomic E-state index is 0.127. The van der Waals surface area contributed by atoms with Crippen molar-refractivity contribution in [2.24, 2.45) is 0 Å². The molecule has 5 heteroatoms. The zero-order chi connectivity index (χ0) is 18.4. The van der Waals surface area contributed by atoms with E-state index in [1.807, 2.05) is 60.8 Å². The molecular weight excluding hydrogens is 326 g/mol. The number of hydrogen-bond acceptors (Lipinski definition) is 2. The molecule has 0 aliphatic carbocycles. The Morgan fingerprint density at radius 3 is 2.58 bits per heavy atom. The first-order valence-corrected chi connectivity index (χ1v) is 8.79. The molecule has 0 aliphatic heterocycles. The molecule has 1 heterocycles. The Balaban J connectivity index is 1.45. The minimum atomic E-state index is -0.561. The standard InChI is InChI=1S/C21H23N3O2/c1-15(21(26)23-13-16-7-3-2-4-8-16)24-20(25)12-11-17-14-22-19-10-6-5-9-18(17)19/h2-10,14-15,22H,11-13H2,1H3,(H,23,26)(H,24,25)/t15-/m0/s1. The van der Waals surface area contributed by atoms with E-state index in [-0.39, 0.29) is 11.8 Å². The van der Waals surface area contributed by atoms with Gasteiger partial charge in [-0.05, 0) is 30.5 Å². The van der Waals surface area contributed by atoms with Gasteiger partial charge in [0.05, 0.1) is 0 Å². The SMILES string of the molecule is C[C@H](NC(=O)CCc1c[nH]c2ccccc12)C(=O)NCc1ccccc1. The van der Waals surface area contributed by atoms with Gasteiger partial charge in [-0.3, -0.25) is 9.59 Å². The van der Waals surface area contributed by atoms with Crippen LogP contribution >= 0.6 is 0 Å². The van der Waals surface area contributed by atoms with E-state index < -0.39 is 6.04 Å². The highest BCUT2D eigenvalue weighted by Crippen LogP contribution is 2.18. The normalized spacial score (nSPS) is 11.9. The van der Waals surface area contributed by atoms with Crippen molar-refractivity contribution in [3.05, 3.63) is 71.9 Å². The topological polar surface area (TPSA) is 74.0 Å². The molecule has 5 nitrogen and oxygen atoms in total. The Hall–Kier alpha value is -3.08. The van der Waals surface area contributed by atoms with Gasteiger partial charge < -0.3 is 15.6 Å². The zero-order valence-corrected chi connectivity index (χ0v) is 14.8. The zero-order valence-electron chi connectivity index (χ0n) is 14.8. The molecule has 26 heavy (non-hydrogen) atoms. The summed E-state index contributed by atoms with van der Waals surface area (Å²) in [5, 5.41) is 6.74. The molecule has 1 aromatic heterocycles. The first-order chi connectivity index (χ1) is 12.6. The van der Waals surface area contributed by atoms with Crippen molar-refractivity contribution in [3.8, 4) is 0 Å². The lowest BCUT2D eigenvalue weighted by molar-refractivity contribution is -0.128. The first-order valence-electron chi connectivity index (χ1n) is 8.79. The summed E-state index contributed by atoms with van der Waals surface area (Å²) >= 11 is 0. The van der Waals surface area contributed by atoms with Crippen LogP contribution in [0.5, 0.6) is 0 Å². The van der Waals surface area contributed by atoms with Crippen molar-refractivity contribution in [2.75, 3.05) is 0 Å². The molecule has 134 valence electrons. The van der Waals surface area contributed by atoms with Crippen molar-refractivity contribution < 1.29 is 9.59 Å². The molecule has 0 bridgehead atoms. The third-order valence-corrected chi connectivity index (χ3v) is 4.38. The van der Waals surface area contributed by atoms with Crippen LogP contribution in [-0.4, -0.2) is 22.8 Å². The maximum Gasteiger partial charge on any atom is 0.242 e. The van der Waals surface area contributed by atoms with E-state index in [2.05, 4.69) is 15.6 Å². The summed E-state index contributed by atoms with van der Waals surface area (Å²) in [5.74, 6) is -0.313. The minimum Gasteiger partial charge on any atom is -0.361 e. The third kappa shape index (κ3) is 4.51. The van der Waals surface area contributed by atoms with E-state index >= 15 is 0 Å². The van der Waals surface area contributed by atoms with Crippen LogP contribution in [0.15, 0.2) is 60.8 Å². The Kier molecular flexibility index (Phi) is 5.69. The van der Waals surface area contributed by atoms with Gasteiger partial charge in [0.15, 0.2) is 0 Å². The lowest BCUT2D eigenvalue weighted by Crippen LogP contribution is -2.44. The van der Waals surface area contributed by atoms with Crippen molar-refractivity contribution in [1.29, 1.82) is 0 Å². The van der Waals surface area contributed by atoms with Gasteiger partial charge in [-0.2, -0.15) is 0 Å². The van der Waals surface area contributed by atoms with Gasteiger partial charge >= 0.3 is 0 Å². The van der Waals surface area contributed by atoms with Gasteiger partial charge in [0.2, 0.25) is 11.8 Å². The lowest BCUT2D eigenvalue weighted by atomic mass is 10.1. The molecule has 1 atom stereocenters. The summed E-state index contributed by atoms with van der Waals surface area (Å²) in [6, 6.07) is 17.1. The first kappa shape index (κ1) is 17.7. The van der Waals surface area contributed by atoms with Crippen molar-refractivity contribution in [1.82, 2.24) is 15.6 Å². The number of amides is 2. The molecule has 2 amide bonds. The molecule has 2 aromatic carbocycles. The summed E-state index contributed by atoms with van der Waals surface area (Å²) in [4.78, 5) is 27.5. The number of rotatable bonds is 7. The molecule has 0 saturated heterocycles. The van der Waals surface area contributed by atoms with E-state index in [0.717, 1.165) is 22.0 Å². The molecule has 3 N–H and O–H groups in total. The van der Waals surface area contributed by atoms with Gasteiger partial charge in [-0.15, -0.1) is 0 Å². The third-order valence-electron chi connectivity index (χ3n) is 4.38. The summed E-state index contributed by atoms with van der Waals surface area (Å²) in [6.07, 6.45) is 2.92. The number of benzene rings is 2. The van der Waals surface area contributed by atoms with Crippen LogP contribution in [0.3, 0.4) is 0 Å². The van der Waals surface area contributed by atoms with Crippen LogP contribution in [0.2, 0.25) is 0 Å². The van der Waals surface area contributed by atoms with Crippen LogP contribution in [0.4, 0.5) is 0 Å². The van der Waals surface area contributed by atoms with Crippen LogP contribution in [0, 0.1) is 0 Å². The van der Waals surface area contributed by atoms with Gasteiger partial charge in [-0.25, -0.2) is 0 Å². The number of aromatic nitrogens is 1. The monoisotopic (exact) mass is 349 g/mol. The van der Waals surface area contributed by atoms with Crippen LogP contribution in [0.25, 0.3) is 10.9 Å². The van der Waals surface area contributed by atoms with E-state index in [4.69, 9.17) is 0 Å². The van der Waals surface area contributed by atoms with Crippen LogP contribution < -0.4 is 10.6 Å². The molecule has 0 spiro atoms. The predicted molar refractivity (Wildman–Crippen MR) is 103 cm³/mol. The maximum absolute atomic E-state index is 12.2. The average molecular weight is 349 g/mol. The summed E-state index contributed by atoms with van der Waals surface area (Å²) in [5.41, 5.74) is 3.20. The number of hydrogen-bond donors (Lipinski definition) is 3. The Labute approximate surface area is 152 Å². The smallest absolute Gasteiger partial charge is 0.242 e. The van der Waals surface area contributed by atoms with Crippen molar-refractivity contribution in [2.45, 2.75) is 32.4 Å². The van der Waals surface area contributed by atoms with E-state index in [9.17, 15) is 9.59 Å². The second kappa shape index (κ2) is 8.34. The summed E-state index contributed by atoms with van der Waals surface area (Å²) in [7, 11) is 0. The lowest BCUT2D eigenvalue weighted by Gasteiger charge is -2.14. The van der Waals surface area contributed by atoms with Crippen LogP contribution in [-0.2, 0) is 22.6 Å². The molecule has 3 rings (SSSR count). The molecular formula is C21H23N3O2. The number of aryl methyl sites for hydroxylation is 1. The Morgan fingerprint density at radius 2 is 1.77 bits per heavy atom. The van der Waals surface area contributed by atoms with Crippen molar-refractivity contribution in [3.63, 3.8) is 0 Å². The molecule has 0 unspecified atom stereocenters. The van der Waals surface area contributed by atoms with Gasteiger partial charge in [0.25, 0.3) is 0 Å². The van der Waals surface area contributed by atoms with Gasteiger partial charge in [0, 0.05) is 30.1 Å². The molecule has 0 fully saturated rings. The fourth-order valence-corrected chi connectivity index (χ4v) is 2.90. The number of para-hydroxylation sites is 1. The Bertz CT molecular complexity index is 886. The largest absolute Gasteiger partial charge is 0.361 e. The van der Waals surface area contributed by atoms with Crippen molar-refractivity contribution >= 4 is 22.7 Å². The second-order valence-electron chi connectivity index (χ2n) is 6.35. The van der Waals surface area contributed by atoms with E-state index in [0.29, 0.717) is 19.4 Å². The number of fused-ring (bicyclic) bond motifs is 1. The fourth-order valence-electron chi connectivity index (χ4n) is 2.90. The fraction of sp³-hybridized carbons (Fsp3) is 0.238. The highest BCUT2D eigenvalue weighted by Gasteiger charge is 2.15. The predicted octanol–water partition coefficient (Wildman–Crippen LogP) is 2.92. The second-order valence-corrected chi connectivity index (χ2v) is 6.35. The summed E-state index contributed by atoms with van der Waals surface area (Å²) < 4.78 is 0. The Morgan fingerprint density at radius 1 is 1.04 bits per heavy atom. The van der Waals surface area contributed by atoms with E-state index in [1.54, 1.807) is 6.92 Å². The molecule has 3 aromatic rings. The molecule has 0 aliphatic rings. The number of aromatic amines is 1. The number of H-pyrrole nitrogens is 1. The highest BCUT2D eigenvalue weighted by molar-refractivity contribution is 5.88. The highest BCUT2D eigenvalue weighted by atomic mass is 16.2. The number of carbonyl (C=O) groups is 2. The maximum atomic E-state index is 12.2. The van der Waals surface area contributed by atoms with Gasteiger partial charge in [-0.1, -0.05) is 48.5 Å². The van der Waals surface area contributed by atoms with Gasteiger partial charge in [0.1, 0.15) is 6.04 Å². The number of nitrogens with one attached hydrogen (secondary N) is 3. The molecule has 0 radical (unpaired) electrons.